The van der Waals surface area contributed by atoms with Crippen LogP contribution < -0.4 is 16.0 Å². The number of aliphatic hydroxyl groups is 4. The summed E-state index contributed by atoms with van der Waals surface area (Å²) in [5.74, 6) is 4.06. The van der Waals surface area contributed by atoms with Gasteiger partial charge in [-0.2, -0.15) is 0 Å². The standard InChI is InChI=1S/C107H168N12O7/c1-89(2)43-49-105(52-46-98(16)71(74(105)58-89)22-25-80-95(13)37-31-83(121)92(7,8)77(95)28-40-101(80,98)19)86(124)108-55-34-68-61-117(114-111-68)64-104(67-120,65-118-62-69(112-115-118)35-56-109-87(125)106-50-44-90(3,4)59-75(106)72-23-26-81-96(14)38-32-84(122)93(9,10)78(96)29-41-102(81,20)99(72,17)47-53-106)66-119-63-70(113-116-119)36-57-110-88(126)107-51-45-91(5,6)60-76(107)73-24-27-82-97(15)39-33-85(123)94(11,12)79(97)30-42-103(82,21)100(73,18)48-54-107/h22-24,61-63,74-85,120-123H,25-60,64-67H2,1-21H3,(H,108,124)(H,109,125)(H,110,126)/t74-,75-,76-,77-,78-,79-,80+,81+,82+,83-,84-,85-,95-,96-,97-,98+,99+,100+,101+,102+,103+,105-,106-,107-/m0/s1. The number of hydrogen-bond acceptors (Lipinski definition) is 13. The van der Waals surface area contributed by atoms with Crippen LogP contribution in [0.5, 0.6) is 0 Å². The molecule has 24 atom stereocenters. The maximum absolute atomic E-state index is 15.5. The van der Waals surface area contributed by atoms with E-state index in [9.17, 15) is 20.4 Å². The number of hydrogen-bond donors (Lipinski definition) is 7. The molecule has 0 radical (unpaired) electrons. The zero-order valence-electron chi connectivity index (χ0n) is 82.2. The molecule has 12 fully saturated rings. The minimum atomic E-state index is -0.959. The minimum Gasteiger partial charge on any atom is -0.396 e. The summed E-state index contributed by atoms with van der Waals surface area (Å²) in [5, 5.41) is 85.7. The van der Waals surface area contributed by atoms with Gasteiger partial charge in [-0.1, -0.05) is 196 Å². The lowest BCUT2D eigenvalue weighted by atomic mass is 9.33. The molecule has 0 bridgehead atoms. The second kappa shape index (κ2) is 30.5. The van der Waals surface area contributed by atoms with Crippen LogP contribution in [-0.2, 0) is 53.3 Å². The first-order chi connectivity index (χ1) is 58.9. The van der Waals surface area contributed by atoms with E-state index in [0.29, 0.717) is 74.4 Å². The molecule has 3 heterocycles. The lowest BCUT2D eigenvalue weighted by Gasteiger charge is -2.71. The molecule has 3 aromatic rings. The van der Waals surface area contributed by atoms with Crippen LogP contribution in [0.4, 0.5) is 0 Å². The van der Waals surface area contributed by atoms with Gasteiger partial charge in [0.1, 0.15) is 0 Å². The summed E-state index contributed by atoms with van der Waals surface area (Å²) in [4.78, 5) is 46.4. The number of fused-ring (bicyclic) bond motifs is 21. The van der Waals surface area contributed by atoms with Gasteiger partial charge in [0.25, 0.3) is 0 Å². The Hall–Kier alpha value is -5.11. The smallest absolute Gasteiger partial charge is 0.226 e. The van der Waals surface area contributed by atoms with Gasteiger partial charge in [-0.05, 0) is 327 Å². The molecule has 0 spiro atoms. The van der Waals surface area contributed by atoms with Crippen molar-refractivity contribution in [2.45, 2.75) is 395 Å². The Labute approximate surface area is 757 Å². The zero-order chi connectivity index (χ0) is 90.2. The third-order valence-electron chi connectivity index (χ3n) is 44.8. The molecule has 15 aliphatic carbocycles. The Morgan fingerprint density at radius 2 is 0.619 bits per heavy atom. The van der Waals surface area contributed by atoms with Crippen molar-refractivity contribution in [2.24, 2.45) is 156 Å². The Morgan fingerprint density at radius 1 is 0.357 bits per heavy atom. The Morgan fingerprint density at radius 3 is 0.881 bits per heavy atom. The van der Waals surface area contributed by atoms with Gasteiger partial charge < -0.3 is 36.4 Å². The average Bonchev–Trinajstić information content (AvgIpc) is 0.767. The number of aliphatic hydroxyl groups excluding tert-OH is 4. The monoisotopic (exact) mass is 1730 g/mol. The Kier molecular flexibility index (Phi) is 22.1. The summed E-state index contributed by atoms with van der Waals surface area (Å²) in [5.41, 5.74) is 5.19. The van der Waals surface area contributed by atoms with Crippen molar-refractivity contribution >= 4 is 17.7 Å². The quantitative estimate of drug-likeness (QED) is 0.0552. The summed E-state index contributed by atoms with van der Waals surface area (Å²) >= 11 is 0. The van der Waals surface area contributed by atoms with Gasteiger partial charge in [-0.25, -0.2) is 0 Å². The number of nitrogens with zero attached hydrogens (tertiary/aromatic N) is 9. The number of amides is 3. The highest BCUT2D eigenvalue weighted by atomic mass is 16.3. The molecule has 19 heteroatoms. The molecule has 126 heavy (non-hydrogen) atoms. The van der Waals surface area contributed by atoms with Gasteiger partial charge in [0.2, 0.25) is 17.7 Å². The first-order valence-electron chi connectivity index (χ1n) is 51.2. The second-order valence-electron chi connectivity index (χ2n) is 53.1. The fraction of sp³-hybridized carbons (Fsp3) is 0.860. The fourth-order valence-electron chi connectivity index (χ4n) is 36.3. The van der Waals surface area contributed by atoms with E-state index in [4.69, 9.17) is 30.9 Å². The van der Waals surface area contributed by atoms with Crippen molar-refractivity contribution in [1.29, 1.82) is 0 Å². The van der Waals surface area contributed by atoms with Crippen molar-refractivity contribution in [1.82, 2.24) is 60.9 Å². The van der Waals surface area contributed by atoms with Crippen LogP contribution in [0.3, 0.4) is 0 Å². The SMILES string of the molecule is CC1(C)CC[C@]2(C(=O)NCCc3cn(CC(CO)(Cn4cc(CCNC(=O)[C@]56CCC(C)(C)C[C@H]5C5=CC[C@@H]7[C@@]8(C)CC[C@H](O)C(C)(C)[C@@H]8CC[C@@]7(C)[C@]5(C)CC6)nn4)Cn4cc(CCNC(=O)[C@]56CCC(C)(C)C[C@H]5C5=CC[C@@H]7[C@@]8(C)CC[C@H](O)C(C)(C)[C@@H]8CC[C@@]7(C)[C@]5(C)CC6)nn4)nn3)CC[C@]3(C)C(=CC[C@@H]4[C@@]5(C)CC[C@H](O)C(C)(C)[C@@H]5CC[C@]43C)[C@@H]2C1. The molecule has 7 N–H and O–H groups in total. The summed E-state index contributed by atoms with van der Waals surface area (Å²) in [7, 11) is 0. The predicted molar refractivity (Wildman–Crippen MR) is 495 cm³/mol. The van der Waals surface area contributed by atoms with E-state index >= 15 is 14.4 Å². The summed E-state index contributed by atoms with van der Waals surface area (Å²) in [6, 6.07) is 0. The van der Waals surface area contributed by atoms with E-state index in [-0.39, 0.29) is 161 Å². The van der Waals surface area contributed by atoms with E-state index in [1.807, 2.05) is 32.6 Å². The molecule has 15 aliphatic rings. The van der Waals surface area contributed by atoms with Crippen molar-refractivity contribution in [2.75, 3.05) is 26.2 Å². The van der Waals surface area contributed by atoms with Crippen LogP contribution in [0.2, 0.25) is 0 Å². The van der Waals surface area contributed by atoms with E-state index in [1.54, 1.807) is 16.7 Å². The highest BCUT2D eigenvalue weighted by Gasteiger charge is 2.74. The van der Waals surface area contributed by atoms with Crippen LogP contribution in [0.1, 0.15) is 355 Å². The second-order valence-corrected chi connectivity index (χ2v) is 53.1. The van der Waals surface area contributed by atoms with E-state index in [1.165, 1.54) is 0 Å². The van der Waals surface area contributed by atoms with Crippen molar-refractivity contribution in [3.63, 3.8) is 0 Å². The van der Waals surface area contributed by atoms with E-state index in [0.717, 1.165) is 210 Å². The van der Waals surface area contributed by atoms with Crippen molar-refractivity contribution in [3.8, 4) is 0 Å². The van der Waals surface area contributed by atoms with Gasteiger partial charge in [-0.15, -0.1) is 15.3 Å². The van der Waals surface area contributed by atoms with Gasteiger partial charge in [-0.3, -0.25) is 28.4 Å². The van der Waals surface area contributed by atoms with Gasteiger partial charge in [0.15, 0.2) is 0 Å². The Bertz CT molecular complexity index is 4330. The number of nitrogens with one attached hydrogen (secondary N) is 3. The molecular weight excluding hydrogens is 1570 g/mol. The lowest BCUT2D eigenvalue weighted by molar-refractivity contribution is -0.203. The third-order valence-corrected chi connectivity index (χ3v) is 44.8. The van der Waals surface area contributed by atoms with Crippen molar-refractivity contribution in [3.05, 3.63) is 70.6 Å². The summed E-state index contributed by atoms with van der Waals surface area (Å²) in [6.07, 6.45) is 44.8. The topological polar surface area (TPSA) is 260 Å². The summed E-state index contributed by atoms with van der Waals surface area (Å²) in [6.45, 7) is 53.7. The van der Waals surface area contributed by atoms with Crippen LogP contribution in [0.15, 0.2) is 53.5 Å². The first-order valence-corrected chi connectivity index (χ1v) is 51.2. The van der Waals surface area contributed by atoms with E-state index in [2.05, 4.69) is 180 Å². The van der Waals surface area contributed by atoms with E-state index < -0.39 is 21.7 Å². The minimum absolute atomic E-state index is 0.0162. The molecule has 0 saturated heterocycles. The lowest BCUT2D eigenvalue weighted by Crippen LogP contribution is -2.65. The zero-order valence-corrected chi connectivity index (χ0v) is 82.2. The van der Waals surface area contributed by atoms with Crippen LogP contribution in [0.25, 0.3) is 0 Å². The molecule has 0 unspecified atom stereocenters. The number of allylic oxidation sites excluding steroid dienone is 6. The molecule has 0 aliphatic heterocycles. The van der Waals surface area contributed by atoms with Crippen LogP contribution >= 0.6 is 0 Å². The maximum Gasteiger partial charge on any atom is 0.226 e. The van der Waals surface area contributed by atoms with Crippen LogP contribution in [-0.4, -0.2) is 128 Å². The maximum atomic E-state index is 15.5. The number of rotatable bonds is 19. The molecule has 19 nitrogen and oxygen atoms in total. The number of carbonyl (C=O) groups is 3. The van der Waals surface area contributed by atoms with Crippen LogP contribution in [0, 0.1) is 156 Å². The molecule has 18 rings (SSSR count). The molecule has 698 valence electrons. The van der Waals surface area contributed by atoms with Gasteiger partial charge in [0, 0.05) is 57.5 Å². The highest BCUT2D eigenvalue weighted by Crippen LogP contribution is 2.81. The number of carbonyl (C=O) groups excluding carboxylic acids is 3. The predicted octanol–water partition coefficient (Wildman–Crippen LogP) is 19.3. The molecule has 12 saturated carbocycles. The third kappa shape index (κ3) is 13.6. The number of aromatic nitrogens is 9. The first kappa shape index (κ1) is 91.4. The van der Waals surface area contributed by atoms with Gasteiger partial charge >= 0.3 is 0 Å². The van der Waals surface area contributed by atoms with Gasteiger partial charge in [0.05, 0.1) is 83.3 Å². The Balaban J connectivity index is 0.568. The molecule has 3 amide bonds. The molecule has 0 aromatic carbocycles. The largest absolute Gasteiger partial charge is 0.396 e. The highest BCUT2D eigenvalue weighted by molar-refractivity contribution is 5.85. The fourth-order valence-corrected chi connectivity index (χ4v) is 36.3. The molecular formula is C107H168N12O7. The molecule has 3 aromatic heterocycles. The van der Waals surface area contributed by atoms with Crippen molar-refractivity contribution < 1.29 is 34.8 Å². The summed E-state index contributed by atoms with van der Waals surface area (Å²) < 4.78 is 5.48. The average molecular weight is 1730 g/mol. The normalized spacial score (nSPS) is 44.1.